The van der Waals surface area contributed by atoms with Crippen molar-refractivity contribution in [3.05, 3.63) is 16.4 Å². The number of hydrogen-bond donors (Lipinski definition) is 1. The maximum atomic E-state index is 5.36. The first-order chi connectivity index (χ1) is 3.29. The van der Waals surface area contributed by atoms with Gasteiger partial charge < -0.3 is 0 Å². The Kier molecular flexibility index (Phi) is 3.21. The smallest absolute Gasteiger partial charge is 0.152 e. The quantitative estimate of drug-likeness (QED) is 0.640. The van der Waals surface area contributed by atoms with Crippen LogP contribution in [0, 0.1) is 0 Å². The monoisotopic (exact) mass is 172 g/mol. The molecule has 0 radical (unpaired) electrons. The van der Waals surface area contributed by atoms with Gasteiger partial charge in [0.15, 0.2) is 5.15 Å². The molecule has 1 aromatic rings. The molecule has 1 rings (SSSR count). The lowest BCUT2D eigenvalue weighted by atomic mass is 10.8. The maximum Gasteiger partial charge on any atom is 0.152 e. The van der Waals surface area contributed by atoms with Gasteiger partial charge in [0.2, 0.25) is 0 Å². The molecule has 0 amide bonds. The topological polar surface area (TPSA) is 28.7 Å². The molecule has 2 nitrogen and oxygen atoms in total. The third kappa shape index (κ3) is 1.90. The van der Waals surface area contributed by atoms with Gasteiger partial charge in [-0.15, -0.1) is 12.4 Å². The predicted octanol–water partition coefficient (Wildman–Crippen LogP) is 2.14. The molecule has 1 N–H and O–H groups in total. The van der Waals surface area contributed by atoms with E-state index in [1.54, 1.807) is 0 Å². The molecule has 46 valence electrons. The lowest BCUT2D eigenvalue weighted by Gasteiger charge is -1.64. The maximum absolute atomic E-state index is 5.36. The van der Waals surface area contributed by atoms with Gasteiger partial charge >= 0.3 is 0 Å². The Morgan fingerprint density at radius 3 is 2.25 bits per heavy atom. The summed E-state index contributed by atoms with van der Waals surface area (Å²) in [5.74, 6) is 0. The van der Waals surface area contributed by atoms with Crippen LogP contribution in [-0.4, -0.2) is 10.2 Å². The summed E-state index contributed by atoms with van der Waals surface area (Å²) >= 11 is 10.7. The first kappa shape index (κ1) is 8.08. The van der Waals surface area contributed by atoms with Gasteiger partial charge in [-0.25, -0.2) is 0 Å². The van der Waals surface area contributed by atoms with Crippen LogP contribution in [0.4, 0.5) is 0 Å². The molecule has 8 heavy (non-hydrogen) atoms. The van der Waals surface area contributed by atoms with Crippen LogP contribution in [0.5, 0.6) is 0 Å². The fourth-order valence-electron chi connectivity index (χ4n) is 0.276. The minimum Gasteiger partial charge on any atom is -0.266 e. The van der Waals surface area contributed by atoms with Crippen LogP contribution in [0.2, 0.25) is 10.3 Å². The van der Waals surface area contributed by atoms with E-state index >= 15 is 0 Å². The Balaban J connectivity index is 0.000000490. The second-order valence-corrected chi connectivity index (χ2v) is 1.83. The highest BCUT2D eigenvalue weighted by Gasteiger charge is 1.89. The zero-order valence-corrected chi connectivity index (χ0v) is 6.02. The summed E-state index contributed by atoms with van der Waals surface area (Å²) in [6, 6.07) is 1.53. The predicted molar refractivity (Wildman–Crippen MR) is 35.9 cm³/mol. The lowest BCUT2D eigenvalue weighted by Crippen LogP contribution is -1.61. The molecule has 5 heteroatoms. The molecule has 0 spiro atoms. The van der Waals surface area contributed by atoms with Crippen LogP contribution in [-0.2, 0) is 0 Å². The number of aromatic amines is 1. The lowest BCUT2D eigenvalue weighted by molar-refractivity contribution is 1.09. The van der Waals surface area contributed by atoms with E-state index in [1.165, 1.54) is 6.07 Å². The molecular formula is C3H3Cl3N2. The zero-order chi connectivity index (χ0) is 5.28. The van der Waals surface area contributed by atoms with Gasteiger partial charge in [-0.2, -0.15) is 5.10 Å². The van der Waals surface area contributed by atoms with E-state index in [-0.39, 0.29) is 12.4 Å². The van der Waals surface area contributed by atoms with Crippen LogP contribution < -0.4 is 0 Å². The molecule has 0 fully saturated rings. The largest absolute Gasteiger partial charge is 0.266 e. The highest BCUT2D eigenvalue weighted by molar-refractivity contribution is 6.33. The average Bonchev–Trinajstić information content (AvgIpc) is 1.87. The molecule has 0 bridgehead atoms. The molecule has 0 atom stereocenters. The van der Waals surface area contributed by atoms with Crippen LogP contribution in [0.25, 0.3) is 0 Å². The van der Waals surface area contributed by atoms with Gasteiger partial charge in [-0.1, -0.05) is 23.2 Å². The molecule has 0 aliphatic rings. The second-order valence-electron chi connectivity index (χ2n) is 1.04. The van der Waals surface area contributed by atoms with Crippen LogP contribution >= 0.6 is 35.6 Å². The van der Waals surface area contributed by atoms with E-state index in [0.717, 1.165) is 0 Å². The van der Waals surface area contributed by atoms with Crippen LogP contribution in [0.1, 0.15) is 0 Å². The van der Waals surface area contributed by atoms with Crippen molar-refractivity contribution in [2.75, 3.05) is 0 Å². The number of nitrogens with zero attached hydrogens (tertiary/aromatic N) is 1. The highest BCUT2D eigenvalue weighted by atomic mass is 35.5. The summed E-state index contributed by atoms with van der Waals surface area (Å²) in [5, 5.41) is 6.83. The third-order valence-electron chi connectivity index (χ3n) is 0.515. The molecule has 0 saturated heterocycles. The molecule has 0 aromatic carbocycles. The van der Waals surface area contributed by atoms with E-state index in [9.17, 15) is 0 Å². The fraction of sp³-hybridized carbons (Fsp3) is 0. The highest BCUT2D eigenvalue weighted by Crippen LogP contribution is 2.08. The average molecular weight is 173 g/mol. The molecular weight excluding hydrogens is 170 g/mol. The number of nitrogens with one attached hydrogen (secondary N) is 1. The van der Waals surface area contributed by atoms with Crippen LogP contribution in [0.3, 0.4) is 0 Å². The molecule has 0 aliphatic heterocycles. The first-order valence-corrected chi connectivity index (χ1v) is 2.41. The van der Waals surface area contributed by atoms with Crippen molar-refractivity contribution in [1.29, 1.82) is 0 Å². The number of aromatic nitrogens is 2. The molecule has 1 heterocycles. The number of rotatable bonds is 0. The normalized spacial score (nSPS) is 8.25. The summed E-state index contributed by atoms with van der Waals surface area (Å²) < 4.78 is 0. The standard InChI is InChI=1S/C3H2Cl2N2.ClH/c4-2-1-3(5)7-6-2;/h1H,(H,6,7);1H. The number of halogens is 3. The minimum absolute atomic E-state index is 0. The summed E-state index contributed by atoms with van der Waals surface area (Å²) in [7, 11) is 0. The van der Waals surface area contributed by atoms with Crippen molar-refractivity contribution in [2.45, 2.75) is 0 Å². The van der Waals surface area contributed by atoms with E-state index in [4.69, 9.17) is 23.2 Å². The van der Waals surface area contributed by atoms with Crippen LogP contribution in [0.15, 0.2) is 6.07 Å². The SMILES string of the molecule is Cl.Clc1cc(Cl)[nH]n1. The summed E-state index contributed by atoms with van der Waals surface area (Å²) in [5.41, 5.74) is 0. The number of hydrogen-bond acceptors (Lipinski definition) is 1. The molecule has 1 aromatic heterocycles. The Morgan fingerprint density at radius 1 is 1.50 bits per heavy atom. The molecule has 0 aliphatic carbocycles. The van der Waals surface area contributed by atoms with Gasteiger partial charge in [-0.05, 0) is 0 Å². The van der Waals surface area contributed by atoms with Crippen molar-refractivity contribution in [1.82, 2.24) is 10.2 Å². The zero-order valence-electron chi connectivity index (χ0n) is 3.69. The molecule has 0 saturated carbocycles. The van der Waals surface area contributed by atoms with Gasteiger partial charge in [0.1, 0.15) is 5.15 Å². The Hall–Kier alpha value is 0.0800. The Bertz CT molecular complexity index is 145. The minimum atomic E-state index is 0. The van der Waals surface area contributed by atoms with E-state index in [0.29, 0.717) is 10.3 Å². The molecule has 0 unspecified atom stereocenters. The summed E-state index contributed by atoms with van der Waals surface area (Å²) in [6.45, 7) is 0. The van der Waals surface area contributed by atoms with E-state index in [2.05, 4.69) is 10.2 Å². The van der Waals surface area contributed by atoms with Gasteiger partial charge in [0, 0.05) is 6.07 Å². The second kappa shape index (κ2) is 3.17. The van der Waals surface area contributed by atoms with E-state index < -0.39 is 0 Å². The fourth-order valence-corrected chi connectivity index (χ4v) is 0.629. The van der Waals surface area contributed by atoms with Crippen molar-refractivity contribution in [3.63, 3.8) is 0 Å². The van der Waals surface area contributed by atoms with Crippen molar-refractivity contribution in [2.24, 2.45) is 0 Å². The number of H-pyrrole nitrogens is 1. The third-order valence-corrected chi connectivity index (χ3v) is 0.903. The van der Waals surface area contributed by atoms with Crippen molar-refractivity contribution >= 4 is 35.6 Å². The van der Waals surface area contributed by atoms with E-state index in [1.807, 2.05) is 0 Å². The Labute approximate surface area is 62.6 Å². The first-order valence-electron chi connectivity index (χ1n) is 1.65. The van der Waals surface area contributed by atoms with Gasteiger partial charge in [-0.3, -0.25) is 5.10 Å². The summed E-state index contributed by atoms with van der Waals surface area (Å²) in [4.78, 5) is 0. The Morgan fingerprint density at radius 2 is 2.12 bits per heavy atom. The van der Waals surface area contributed by atoms with Crippen molar-refractivity contribution < 1.29 is 0 Å². The van der Waals surface area contributed by atoms with Crippen molar-refractivity contribution in [3.8, 4) is 0 Å². The van der Waals surface area contributed by atoms with Gasteiger partial charge in [0.25, 0.3) is 0 Å². The summed E-state index contributed by atoms with van der Waals surface area (Å²) in [6.07, 6.45) is 0. The van der Waals surface area contributed by atoms with Gasteiger partial charge in [0.05, 0.1) is 0 Å².